The monoisotopic (exact) mass is 351 g/mol. The maximum Gasteiger partial charge on any atom is 0.0738 e. The fourth-order valence-corrected chi connectivity index (χ4v) is 3.00. The highest BCUT2D eigenvalue weighted by Gasteiger charge is 2.20. The highest BCUT2D eigenvalue weighted by molar-refractivity contribution is 9.10. The molecule has 1 unspecified atom stereocenters. The van der Waals surface area contributed by atoms with Gasteiger partial charge >= 0.3 is 0 Å². The summed E-state index contributed by atoms with van der Waals surface area (Å²) >= 11 is 3.64. The van der Waals surface area contributed by atoms with Crippen LogP contribution in [0.3, 0.4) is 0 Å². The minimum atomic E-state index is -0.0288. The van der Waals surface area contributed by atoms with Gasteiger partial charge in [0.05, 0.1) is 27.6 Å². The summed E-state index contributed by atoms with van der Waals surface area (Å²) in [6, 6.07) is 4.04. The van der Waals surface area contributed by atoms with Gasteiger partial charge in [-0.1, -0.05) is 13.0 Å². The average molecular weight is 352 g/mol. The van der Waals surface area contributed by atoms with Crippen LogP contribution in [0.15, 0.2) is 22.8 Å². The van der Waals surface area contributed by atoms with E-state index in [9.17, 15) is 0 Å². The van der Waals surface area contributed by atoms with Crippen molar-refractivity contribution in [1.82, 2.24) is 20.2 Å². The first-order valence-electron chi connectivity index (χ1n) is 7.24. The molecule has 3 N–H and O–H groups in total. The number of hydrogen-bond donors (Lipinski definition) is 2. The van der Waals surface area contributed by atoms with Crippen LogP contribution in [0.2, 0.25) is 0 Å². The van der Waals surface area contributed by atoms with Gasteiger partial charge in [0, 0.05) is 19.2 Å². The summed E-state index contributed by atoms with van der Waals surface area (Å²) in [5, 5.41) is 4.53. The van der Waals surface area contributed by atoms with Crippen molar-refractivity contribution in [3.8, 4) is 0 Å². The van der Waals surface area contributed by atoms with Crippen LogP contribution >= 0.6 is 15.9 Å². The number of pyridine rings is 1. The second-order valence-electron chi connectivity index (χ2n) is 4.99. The van der Waals surface area contributed by atoms with E-state index in [4.69, 9.17) is 5.84 Å². The van der Waals surface area contributed by atoms with Gasteiger partial charge in [-0.3, -0.25) is 20.9 Å². The molecule has 0 spiro atoms. The van der Waals surface area contributed by atoms with E-state index in [-0.39, 0.29) is 6.04 Å². The Morgan fingerprint density at radius 2 is 2.19 bits per heavy atom. The molecule has 0 aliphatic heterocycles. The molecule has 0 fully saturated rings. The number of halogens is 1. The molecule has 0 amide bonds. The van der Waals surface area contributed by atoms with Crippen molar-refractivity contribution in [3.05, 3.63) is 45.4 Å². The number of nitrogens with two attached hydrogens (primary N) is 1. The molecular formula is C15H22BrN5. The smallest absolute Gasteiger partial charge is 0.0738 e. The van der Waals surface area contributed by atoms with Gasteiger partial charge in [-0.25, -0.2) is 0 Å². The molecule has 6 heteroatoms. The molecule has 5 nitrogen and oxygen atoms in total. The summed E-state index contributed by atoms with van der Waals surface area (Å²) in [5.74, 6) is 5.79. The van der Waals surface area contributed by atoms with Crippen LogP contribution in [0, 0.1) is 6.92 Å². The third-order valence-corrected chi connectivity index (χ3v) is 4.72. The molecule has 21 heavy (non-hydrogen) atoms. The average Bonchev–Trinajstić information content (AvgIpc) is 2.79. The van der Waals surface area contributed by atoms with E-state index in [2.05, 4.69) is 51.4 Å². The van der Waals surface area contributed by atoms with Crippen molar-refractivity contribution in [2.45, 2.75) is 46.2 Å². The molecule has 2 heterocycles. The largest absolute Gasteiger partial charge is 0.271 e. The highest BCUT2D eigenvalue weighted by Crippen LogP contribution is 2.27. The summed E-state index contributed by atoms with van der Waals surface area (Å²) < 4.78 is 3.07. The van der Waals surface area contributed by atoms with Crippen molar-refractivity contribution in [2.75, 3.05) is 0 Å². The van der Waals surface area contributed by atoms with Crippen molar-refractivity contribution in [1.29, 1.82) is 0 Å². The van der Waals surface area contributed by atoms with Gasteiger partial charge in [-0.2, -0.15) is 5.10 Å². The Morgan fingerprint density at radius 3 is 2.81 bits per heavy atom. The number of aryl methyl sites for hydroxylation is 3. The first-order valence-corrected chi connectivity index (χ1v) is 8.03. The van der Waals surface area contributed by atoms with Gasteiger partial charge in [-0.15, -0.1) is 0 Å². The Morgan fingerprint density at radius 1 is 1.43 bits per heavy atom. The normalized spacial score (nSPS) is 12.6. The molecule has 0 aromatic carbocycles. The lowest BCUT2D eigenvalue weighted by Gasteiger charge is -2.19. The second-order valence-corrected chi connectivity index (χ2v) is 5.78. The lowest BCUT2D eigenvalue weighted by atomic mass is 10.0. The first-order chi connectivity index (χ1) is 10.1. The predicted octanol–water partition coefficient (Wildman–Crippen LogP) is 2.68. The fraction of sp³-hybridized carbons (Fsp3) is 0.467. The minimum absolute atomic E-state index is 0.0288. The predicted molar refractivity (Wildman–Crippen MR) is 87.7 cm³/mol. The number of nitrogens with one attached hydrogen (secondary N) is 1. The zero-order chi connectivity index (χ0) is 15.4. The maximum atomic E-state index is 5.79. The van der Waals surface area contributed by atoms with Gasteiger partial charge < -0.3 is 0 Å². The Hall–Kier alpha value is -1.24. The summed E-state index contributed by atoms with van der Waals surface area (Å²) in [5.41, 5.74) is 7.28. The molecule has 0 radical (unpaired) electrons. The van der Waals surface area contributed by atoms with E-state index in [1.165, 1.54) is 5.56 Å². The van der Waals surface area contributed by atoms with E-state index in [0.29, 0.717) is 0 Å². The SMILES string of the molecule is CCc1cccnc1C(Cc1c(Br)c(C)nn1CC)NN. The van der Waals surface area contributed by atoms with Crippen LogP contribution in [-0.2, 0) is 19.4 Å². The molecule has 0 aliphatic rings. The van der Waals surface area contributed by atoms with Crippen molar-refractivity contribution in [3.63, 3.8) is 0 Å². The Balaban J connectivity index is 2.36. The molecule has 114 valence electrons. The van der Waals surface area contributed by atoms with Crippen molar-refractivity contribution in [2.24, 2.45) is 5.84 Å². The molecule has 2 rings (SSSR count). The zero-order valence-corrected chi connectivity index (χ0v) is 14.3. The van der Waals surface area contributed by atoms with Crippen LogP contribution in [0.4, 0.5) is 0 Å². The topological polar surface area (TPSA) is 68.8 Å². The first kappa shape index (κ1) is 16.1. The lowest BCUT2D eigenvalue weighted by Crippen LogP contribution is -2.31. The molecule has 0 saturated carbocycles. The van der Waals surface area contributed by atoms with E-state index in [1.807, 2.05) is 23.9 Å². The Kier molecular flexibility index (Phi) is 5.50. The van der Waals surface area contributed by atoms with E-state index < -0.39 is 0 Å². The van der Waals surface area contributed by atoms with Crippen LogP contribution in [0.1, 0.15) is 42.5 Å². The fourth-order valence-electron chi connectivity index (χ4n) is 2.56. The molecular weight excluding hydrogens is 330 g/mol. The molecule has 2 aromatic rings. The number of hydrazine groups is 1. The van der Waals surface area contributed by atoms with Gasteiger partial charge in [-0.05, 0) is 47.8 Å². The molecule has 1 atom stereocenters. The van der Waals surface area contributed by atoms with Crippen LogP contribution in [0.5, 0.6) is 0 Å². The maximum absolute atomic E-state index is 5.79. The number of nitrogens with zero attached hydrogens (tertiary/aromatic N) is 3. The highest BCUT2D eigenvalue weighted by atomic mass is 79.9. The number of hydrogen-bond acceptors (Lipinski definition) is 4. The van der Waals surface area contributed by atoms with Gasteiger partial charge in [0.2, 0.25) is 0 Å². The van der Waals surface area contributed by atoms with E-state index >= 15 is 0 Å². The summed E-state index contributed by atoms with van der Waals surface area (Å²) in [4.78, 5) is 4.52. The molecule has 0 bridgehead atoms. The Labute approximate surface area is 134 Å². The summed E-state index contributed by atoms with van der Waals surface area (Å²) in [6.07, 6.45) is 3.50. The molecule has 0 saturated heterocycles. The van der Waals surface area contributed by atoms with Crippen LogP contribution < -0.4 is 11.3 Å². The zero-order valence-electron chi connectivity index (χ0n) is 12.7. The Bertz CT molecular complexity index is 608. The van der Waals surface area contributed by atoms with E-state index in [0.717, 1.165) is 40.9 Å². The van der Waals surface area contributed by atoms with Crippen molar-refractivity contribution >= 4 is 15.9 Å². The van der Waals surface area contributed by atoms with Crippen LogP contribution in [-0.4, -0.2) is 14.8 Å². The third-order valence-electron chi connectivity index (χ3n) is 3.69. The third kappa shape index (κ3) is 3.33. The summed E-state index contributed by atoms with van der Waals surface area (Å²) in [7, 11) is 0. The lowest BCUT2D eigenvalue weighted by molar-refractivity contribution is 0.503. The minimum Gasteiger partial charge on any atom is -0.271 e. The molecule has 0 aliphatic carbocycles. The number of rotatable bonds is 6. The van der Waals surface area contributed by atoms with Gasteiger partial charge in [0.15, 0.2) is 0 Å². The quantitative estimate of drug-likeness (QED) is 0.620. The van der Waals surface area contributed by atoms with Crippen molar-refractivity contribution < 1.29 is 0 Å². The molecule has 2 aromatic heterocycles. The second kappa shape index (κ2) is 7.15. The number of aromatic nitrogens is 3. The van der Waals surface area contributed by atoms with Gasteiger partial charge in [0.1, 0.15) is 0 Å². The standard InChI is InChI=1S/C15H22BrN5/c1-4-11-7-6-8-18-15(11)12(19-17)9-13-14(16)10(3)20-21(13)5-2/h6-8,12,19H,4-5,9,17H2,1-3H3. The van der Waals surface area contributed by atoms with Crippen LogP contribution in [0.25, 0.3) is 0 Å². The summed E-state index contributed by atoms with van der Waals surface area (Å²) in [6.45, 7) is 7.06. The van der Waals surface area contributed by atoms with Gasteiger partial charge in [0.25, 0.3) is 0 Å². The van der Waals surface area contributed by atoms with E-state index in [1.54, 1.807) is 0 Å².